The van der Waals surface area contributed by atoms with Crippen molar-refractivity contribution in [3.05, 3.63) is 80.7 Å². The lowest BCUT2D eigenvalue weighted by Crippen LogP contribution is -2.46. The van der Waals surface area contributed by atoms with Gasteiger partial charge in [0, 0.05) is 57.4 Å². The molecule has 1 saturated heterocycles. The van der Waals surface area contributed by atoms with E-state index in [0.29, 0.717) is 23.4 Å². The van der Waals surface area contributed by atoms with Crippen LogP contribution in [0.4, 0.5) is 4.39 Å². The first kappa shape index (κ1) is 24.4. The SMILES string of the molecule is Cn1c(=O)c2nc(-c3ccc(C(=O)NCCN4CCNCC4)cc3)nnc2n(-c2ccc(F)cc2)c1=O. The molecular formula is C25H25FN8O3. The van der Waals surface area contributed by atoms with Gasteiger partial charge in [0.15, 0.2) is 17.0 Å². The van der Waals surface area contributed by atoms with Gasteiger partial charge in [-0.3, -0.25) is 19.1 Å². The molecule has 5 rings (SSSR count). The second kappa shape index (κ2) is 10.4. The molecule has 0 bridgehead atoms. The molecule has 37 heavy (non-hydrogen) atoms. The summed E-state index contributed by atoms with van der Waals surface area (Å²) < 4.78 is 15.5. The summed E-state index contributed by atoms with van der Waals surface area (Å²) in [6.45, 7) is 5.19. The molecule has 2 aromatic heterocycles. The number of nitrogens with zero attached hydrogens (tertiary/aromatic N) is 6. The van der Waals surface area contributed by atoms with E-state index in [1.807, 2.05) is 0 Å². The molecule has 0 aliphatic carbocycles. The van der Waals surface area contributed by atoms with Crippen LogP contribution in [0.1, 0.15) is 10.4 Å². The number of rotatable bonds is 6. The van der Waals surface area contributed by atoms with E-state index in [9.17, 15) is 18.8 Å². The Labute approximate surface area is 210 Å². The summed E-state index contributed by atoms with van der Waals surface area (Å²) in [4.78, 5) is 44.8. The maximum atomic E-state index is 13.4. The highest BCUT2D eigenvalue weighted by Gasteiger charge is 2.17. The fourth-order valence-electron chi connectivity index (χ4n) is 4.18. The van der Waals surface area contributed by atoms with Gasteiger partial charge in [-0.15, -0.1) is 10.2 Å². The Hall–Kier alpha value is -4.29. The monoisotopic (exact) mass is 504 g/mol. The highest BCUT2D eigenvalue weighted by atomic mass is 19.1. The van der Waals surface area contributed by atoms with Crippen molar-refractivity contribution in [3.8, 4) is 17.1 Å². The summed E-state index contributed by atoms with van der Waals surface area (Å²) in [6.07, 6.45) is 0. The highest BCUT2D eigenvalue weighted by molar-refractivity contribution is 5.94. The first-order chi connectivity index (χ1) is 17.9. The third-order valence-electron chi connectivity index (χ3n) is 6.28. The molecule has 2 aromatic carbocycles. The Morgan fingerprint density at radius 2 is 1.73 bits per heavy atom. The molecule has 0 radical (unpaired) electrons. The minimum absolute atomic E-state index is 0.0380. The van der Waals surface area contributed by atoms with Crippen LogP contribution >= 0.6 is 0 Å². The van der Waals surface area contributed by atoms with Crippen LogP contribution in [0.15, 0.2) is 58.1 Å². The lowest BCUT2D eigenvalue weighted by atomic mass is 10.1. The molecular weight excluding hydrogens is 479 g/mol. The molecule has 3 heterocycles. The van der Waals surface area contributed by atoms with Crippen LogP contribution in [-0.2, 0) is 7.05 Å². The number of fused-ring (bicyclic) bond motifs is 1. The minimum Gasteiger partial charge on any atom is -0.351 e. The van der Waals surface area contributed by atoms with Crippen molar-refractivity contribution in [2.75, 3.05) is 39.3 Å². The summed E-state index contributed by atoms with van der Waals surface area (Å²) in [6, 6.07) is 11.9. The Kier molecular flexibility index (Phi) is 6.84. The summed E-state index contributed by atoms with van der Waals surface area (Å²) in [5.74, 6) is -0.481. The van der Waals surface area contributed by atoms with Gasteiger partial charge < -0.3 is 10.6 Å². The molecule has 0 saturated carbocycles. The Morgan fingerprint density at radius 3 is 2.43 bits per heavy atom. The molecule has 11 nitrogen and oxygen atoms in total. The van der Waals surface area contributed by atoms with E-state index in [1.165, 1.54) is 31.3 Å². The van der Waals surface area contributed by atoms with Gasteiger partial charge in [-0.25, -0.2) is 18.7 Å². The highest BCUT2D eigenvalue weighted by Crippen LogP contribution is 2.18. The molecule has 190 valence electrons. The Balaban J connectivity index is 1.39. The van der Waals surface area contributed by atoms with Gasteiger partial charge in [0.25, 0.3) is 11.5 Å². The predicted molar refractivity (Wildman–Crippen MR) is 135 cm³/mol. The Bertz CT molecular complexity index is 1560. The smallest absolute Gasteiger partial charge is 0.337 e. The zero-order valence-electron chi connectivity index (χ0n) is 20.1. The number of piperazine rings is 1. The summed E-state index contributed by atoms with van der Waals surface area (Å²) in [5.41, 5.74) is -0.0271. The number of benzene rings is 2. The molecule has 12 heteroatoms. The van der Waals surface area contributed by atoms with Crippen LogP contribution < -0.4 is 21.9 Å². The fourth-order valence-corrected chi connectivity index (χ4v) is 4.18. The number of carbonyl (C=O) groups is 1. The van der Waals surface area contributed by atoms with Crippen LogP contribution in [0.3, 0.4) is 0 Å². The molecule has 0 atom stereocenters. The van der Waals surface area contributed by atoms with E-state index in [0.717, 1.165) is 41.9 Å². The normalized spacial score (nSPS) is 14.1. The second-order valence-corrected chi connectivity index (χ2v) is 8.69. The van der Waals surface area contributed by atoms with Crippen LogP contribution in [0.25, 0.3) is 28.2 Å². The van der Waals surface area contributed by atoms with Gasteiger partial charge in [-0.05, 0) is 36.4 Å². The number of aromatic nitrogens is 5. The fraction of sp³-hybridized carbons (Fsp3) is 0.280. The maximum absolute atomic E-state index is 13.4. The molecule has 1 aliphatic rings. The number of halogens is 1. The van der Waals surface area contributed by atoms with Crippen LogP contribution in [0, 0.1) is 5.82 Å². The predicted octanol–water partition coefficient (Wildman–Crippen LogP) is 0.316. The van der Waals surface area contributed by atoms with Crippen molar-refractivity contribution in [3.63, 3.8) is 0 Å². The van der Waals surface area contributed by atoms with Crippen molar-refractivity contribution in [1.82, 2.24) is 39.8 Å². The molecule has 2 N–H and O–H groups in total. The van der Waals surface area contributed by atoms with E-state index in [1.54, 1.807) is 24.3 Å². The number of carbonyl (C=O) groups excluding carboxylic acids is 1. The van der Waals surface area contributed by atoms with E-state index >= 15 is 0 Å². The van der Waals surface area contributed by atoms with Gasteiger partial charge in [-0.2, -0.15) is 0 Å². The van der Waals surface area contributed by atoms with E-state index in [2.05, 4.69) is 30.7 Å². The van der Waals surface area contributed by atoms with Crippen molar-refractivity contribution in [2.24, 2.45) is 7.05 Å². The Morgan fingerprint density at radius 1 is 1.03 bits per heavy atom. The standard InChI is InChI=1S/C25H25FN8O3/c1-32-24(36)20-22(34(25(32)37)19-8-6-18(26)7-9-19)31-30-21(29-20)16-2-4-17(5-3-16)23(35)28-12-15-33-13-10-27-11-14-33/h2-9,27H,10-15H2,1H3,(H,28,35). The molecule has 1 amide bonds. The maximum Gasteiger partial charge on any atom is 0.337 e. The van der Waals surface area contributed by atoms with E-state index in [-0.39, 0.29) is 22.9 Å². The van der Waals surface area contributed by atoms with Crippen LogP contribution in [0.5, 0.6) is 0 Å². The lowest BCUT2D eigenvalue weighted by molar-refractivity contribution is 0.0947. The van der Waals surface area contributed by atoms with Gasteiger partial charge in [0.2, 0.25) is 0 Å². The van der Waals surface area contributed by atoms with Crippen LogP contribution in [0.2, 0.25) is 0 Å². The largest absolute Gasteiger partial charge is 0.351 e. The first-order valence-corrected chi connectivity index (χ1v) is 11.9. The molecule has 1 aliphatic heterocycles. The summed E-state index contributed by atoms with van der Waals surface area (Å²) in [7, 11) is 1.33. The summed E-state index contributed by atoms with van der Waals surface area (Å²) >= 11 is 0. The summed E-state index contributed by atoms with van der Waals surface area (Å²) in [5, 5.41) is 14.5. The van der Waals surface area contributed by atoms with E-state index in [4.69, 9.17) is 0 Å². The molecule has 4 aromatic rings. The number of amides is 1. The third-order valence-corrected chi connectivity index (χ3v) is 6.28. The lowest BCUT2D eigenvalue weighted by Gasteiger charge is -2.27. The van der Waals surface area contributed by atoms with Crippen molar-refractivity contribution in [1.29, 1.82) is 0 Å². The average molecular weight is 505 g/mol. The zero-order valence-corrected chi connectivity index (χ0v) is 20.1. The van der Waals surface area contributed by atoms with E-state index < -0.39 is 17.1 Å². The number of hydrogen-bond acceptors (Lipinski definition) is 8. The van der Waals surface area contributed by atoms with Gasteiger partial charge >= 0.3 is 5.69 Å². The first-order valence-electron chi connectivity index (χ1n) is 11.9. The topological polar surface area (TPSA) is 127 Å². The molecule has 0 unspecified atom stereocenters. The number of nitrogens with one attached hydrogen (secondary N) is 2. The zero-order chi connectivity index (χ0) is 25.9. The minimum atomic E-state index is -0.653. The number of hydrogen-bond donors (Lipinski definition) is 2. The van der Waals surface area contributed by atoms with Gasteiger partial charge in [0.1, 0.15) is 5.82 Å². The average Bonchev–Trinajstić information content (AvgIpc) is 2.93. The third kappa shape index (κ3) is 5.01. The van der Waals surface area contributed by atoms with Crippen molar-refractivity contribution in [2.45, 2.75) is 0 Å². The quantitative estimate of drug-likeness (QED) is 0.384. The van der Waals surface area contributed by atoms with Gasteiger partial charge in [0.05, 0.1) is 5.69 Å². The van der Waals surface area contributed by atoms with Gasteiger partial charge in [-0.1, -0.05) is 12.1 Å². The second-order valence-electron chi connectivity index (χ2n) is 8.69. The molecule has 0 spiro atoms. The van der Waals surface area contributed by atoms with Crippen molar-refractivity contribution < 1.29 is 9.18 Å². The van der Waals surface area contributed by atoms with Crippen molar-refractivity contribution >= 4 is 17.1 Å². The van der Waals surface area contributed by atoms with Crippen LogP contribution in [-0.4, -0.2) is 74.4 Å². The molecule has 1 fully saturated rings.